The van der Waals surface area contributed by atoms with E-state index in [0.29, 0.717) is 5.92 Å². The summed E-state index contributed by atoms with van der Waals surface area (Å²) in [7, 11) is 1.73. The molecular weight excluding hydrogens is 338 g/mol. The molecule has 0 amide bonds. The number of hydrogen-bond acceptors (Lipinski definition) is 4. The highest BCUT2D eigenvalue weighted by Crippen LogP contribution is 2.35. The number of likely N-dealkylation sites (tertiary alicyclic amines) is 1. The van der Waals surface area contributed by atoms with Crippen molar-refractivity contribution in [3.8, 4) is 5.75 Å². The molecule has 1 saturated heterocycles. The Morgan fingerprint density at radius 1 is 1.15 bits per heavy atom. The molecule has 0 saturated carbocycles. The van der Waals surface area contributed by atoms with Gasteiger partial charge in [0.25, 0.3) is 0 Å². The molecule has 2 aliphatic heterocycles. The van der Waals surface area contributed by atoms with Crippen LogP contribution in [0.2, 0.25) is 0 Å². The van der Waals surface area contributed by atoms with Crippen LogP contribution in [-0.4, -0.2) is 44.8 Å². The molecule has 1 aromatic carbocycles. The van der Waals surface area contributed by atoms with Crippen molar-refractivity contribution in [2.75, 3.05) is 20.2 Å². The van der Waals surface area contributed by atoms with E-state index in [9.17, 15) is 0 Å². The first-order chi connectivity index (χ1) is 13.3. The molecule has 4 heterocycles. The number of piperidine rings is 1. The molecule has 0 spiro atoms. The van der Waals surface area contributed by atoms with Gasteiger partial charge in [-0.05, 0) is 68.5 Å². The van der Waals surface area contributed by atoms with E-state index in [1.807, 2.05) is 6.07 Å². The summed E-state index contributed by atoms with van der Waals surface area (Å²) in [5.74, 6) is 3.87. The van der Waals surface area contributed by atoms with Crippen molar-refractivity contribution in [1.29, 1.82) is 0 Å². The largest absolute Gasteiger partial charge is 0.497 e. The Bertz CT molecular complexity index is 935. The molecule has 3 aromatic rings. The van der Waals surface area contributed by atoms with E-state index in [4.69, 9.17) is 4.74 Å². The fourth-order valence-electron chi connectivity index (χ4n) is 4.67. The summed E-state index contributed by atoms with van der Waals surface area (Å²) in [5.41, 5.74) is 2.63. The number of hydrogen-bond donors (Lipinski definition) is 1. The average Bonchev–Trinajstić information content (AvgIpc) is 3.32. The summed E-state index contributed by atoms with van der Waals surface area (Å²) in [5, 5.41) is 10.2. The lowest BCUT2D eigenvalue weighted by Gasteiger charge is -2.31. The second-order valence-electron chi connectivity index (χ2n) is 7.85. The van der Waals surface area contributed by atoms with Gasteiger partial charge in [-0.25, -0.2) is 0 Å². The molecule has 27 heavy (non-hydrogen) atoms. The standard InChI is InChI=1S/C21H27N5O/c1-27-16-5-6-19-17(12-16)18(13-22-19)15-7-10-25(11-8-15)14-21-24-23-20-4-2-3-9-26(20)21/h5-6,12-13,15,22H,2-4,7-11,14H2,1H3. The van der Waals surface area contributed by atoms with Crippen molar-refractivity contribution >= 4 is 10.9 Å². The van der Waals surface area contributed by atoms with Crippen LogP contribution in [0.15, 0.2) is 24.4 Å². The van der Waals surface area contributed by atoms with Gasteiger partial charge in [-0.1, -0.05) is 0 Å². The van der Waals surface area contributed by atoms with Gasteiger partial charge in [0.15, 0.2) is 0 Å². The Kier molecular flexibility index (Phi) is 4.36. The summed E-state index contributed by atoms with van der Waals surface area (Å²) in [4.78, 5) is 5.97. The van der Waals surface area contributed by atoms with Crippen LogP contribution in [0, 0.1) is 0 Å². The topological polar surface area (TPSA) is 59.0 Å². The third kappa shape index (κ3) is 3.12. The summed E-state index contributed by atoms with van der Waals surface area (Å²) in [6.07, 6.45) is 8.15. The van der Waals surface area contributed by atoms with Crippen LogP contribution < -0.4 is 4.74 Å². The van der Waals surface area contributed by atoms with Gasteiger partial charge in [-0.2, -0.15) is 0 Å². The van der Waals surface area contributed by atoms with Gasteiger partial charge < -0.3 is 14.3 Å². The number of ether oxygens (including phenoxy) is 1. The molecule has 6 nitrogen and oxygen atoms in total. The van der Waals surface area contributed by atoms with E-state index in [0.717, 1.165) is 44.2 Å². The maximum atomic E-state index is 5.42. The van der Waals surface area contributed by atoms with Gasteiger partial charge in [0, 0.05) is 30.1 Å². The first-order valence-electron chi connectivity index (χ1n) is 10.1. The number of nitrogens with one attached hydrogen (secondary N) is 1. The number of aromatic amines is 1. The number of aryl methyl sites for hydroxylation is 1. The Balaban J connectivity index is 1.27. The van der Waals surface area contributed by atoms with E-state index in [-0.39, 0.29) is 0 Å². The summed E-state index contributed by atoms with van der Waals surface area (Å²) in [6, 6.07) is 6.29. The maximum absolute atomic E-state index is 5.42. The third-order valence-electron chi connectivity index (χ3n) is 6.25. The number of benzene rings is 1. The number of fused-ring (bicyclic) bond motifs is 2. The second-order valence-corrected chi connectivity index (χ2v) is 7.85. The fraction of sp³-hybridized carbons (Fsp3) is 0.524. The zero-order valence-corrected chi connectivity index (χ0v) is 15.9. The van der Waals surface area contributed by atoms with Crippen molar-refractivity contribution in [2.45, 2.75) is 51.1 Å². The lowest BCUT2D eigenvalue weighted by molar-refractivity contribution is 0.197. The Morgan fingerprint density at radius 2 is 2.04 bits per heavy atom. The number of nitrogens with zero attached hydrogens (tertiary/aromatic N) is 4. The predicted molar refractivity (Wildman–Crippen MR) is 105 cm³/mol. The van der Waals surface area contributed by atoms with Crippen molar-refractivity contribution in [3.05, 3.63) is 41.6 Å². The highest BCUT2D eigenvalue weighted by atomic mass is 16.5. The molecule has 2 aromatic heterocycles. The Hall–Kier alpha value is -2.34. The quantitative estimate of drug-likeness (QED) is 0.769. The molecule has 1 fully saturated rings. The fourth-order valence-corrected chi connectivity index (χ4v) is 4.67. The van der Waals surface area contributed by atoms with Crippen LogP contribution in [-0.2, 0) is 19.5 Å². The minimum atomic E-state index is 0.606. The molecule has 6 heteroatoms. The third-order valence-corrected chi connectivity index (χ3v) is 6.25. The molecular formula is C21H27N5O. The van der Waals surface area contributed by atoms with E-state index < -0.39 is 0 Å². The van der Waals surface area contributed by atoms with Gasteiger partial charge in [0.05, 0.1) is 13.7 Å². The Morgan fingerprint density at radius 3 is 2.89 bits per heavy atom. The van der Waals surface area contributed by atoms with Crippen molar-refractivity contribution < 1.29 is 4.74 Å². The molecule has 0 bridgehead atoms. The summed E-state index contributed by atoms with van der Waals surface area (Å²) in [6.45, 7) is 4.25. The zero-order valence-electron chi connectivity index (χ0n) is 15.9. The molecule has 0 radical (unpaired) electrons. The minimum Gasteiger partial charge on any atom is -0.497 e. The van der Waals surface area contributed by atoms with Crippen LogP contribution >= 0.6 is 0 Å². The van der Waals surface area contributed by atoms with Gasteiger partial charge in [0.2, 0.25) is 0 Å². The number of methoxy groups -OCH3 is 1. The lowest BCUT2D eigenvalue weighted by Crippen LogP contribution is -2.33. The maximum Gasteiger partial charge on any atom is 0.147 e. The van der Waals surface area contributed by atoms with Gasteiger partial charge >= 0.3 is 0 Å². The molecule has 1 N–H and O–H groups in total. The first kappa shape index (κ1) is 16.8. The van der Waals surface area contributed by atoms with E-state index >= 15 is 0 Å². The van der Waals surface area contributed by atoms with Crippen molar-refractivity contribution in [3.63, 3.8) is 0 Å². The smallest absolute Gasteiger partial charge is 0.147 e. The van der Waals surface area contributed by atoms with Crippen LogP contribution in [0.1, 0.15) is 48.8 Å². The van der Waals surface area contributed by atoms with E-state index in [1.165, 1.54) is 48.0 Å². The SMILES string of the molecule is COc1ccc2[nH]cc(C3CCN(Cc4nnc5n4CCCC5)CC3)c2c1. The van der Waals surface area contributed by atoms with Crippen LogP contribution in [0.5, 0.6) is 5.75 Å². The molecule has 0 atom stereocenters. The normalized spacial score (nSPS) is 18.7. The molecule has 0 unspecified atom stereocenters. The Labute approximate surface area is 159 Å². The second kappa shape index (κ2) is 7.00. The van der Waals surface area contributed by atoms with E-state index in [1.54, 1.807) is 7.11 Å². The number of rotatable bonds is 4. The molecule has 5 rings (SSSR count). The van der Waals surface area contributed by atoms with E-state index in [2.05, 4.69) is 43.0 Å². The molecule has 0 aliphatic carbocycles. The minimum absolute atomic E-state index is 0.606. The number of aromatic nitrogens is 4. The lowest BCUT2D eigenvalue weighted by atomic mass is 9.89. The van der Waals surface area contributed by atoms with Crippen LogP contribution in [0.4, 0.5) is 0 Å². The van der Waals surface area contributed by atoms with Gasteiger partial charge in [0.1, 0.15) is 17.4 Å². The molecule has 142 valence electrons. The number of H-pyrrole nitrogens is 1. The summed E-state index contributed by atoms with van der Waals surface area (Å²) < 4.78 is 7.77. The first-order valence-corrected chi connectivity index (χ1v) is 10.1. The van der Waals surface area contributed by atoms with Crippen LogP contribution in [0.25, 0.3) is 10.9 Å². The van der Waals surface area contributed by atoms with Crippen molar-refractivity contribution in [2.24, 2.45) is 0 Å². The summed E-state index contributed by atoms with van der Waals surface area (Å²) >= 11 is 0. The molecule has 2 aliphatic rings. The highest BCUT2D eigenvalue weighted by molar-refractivity contribution is 5.85. The van der Waals surface area contributed by atoms with Gasteiger partial charge in [-0.3, -0.25) is 4.90 Å². The zero-order chi connectivity index (χ0) is 18.2. The predicted octanol–water partition coefficient (Wildman–Crippen LogP) is 3.48. The van der Waals surface area contributed by atoms with Crippen molar-refractivity contribution in [1.82, 2.24) is 24.6 Å². The highest BCUT2D eigenvalue weighted by Gasteiger charge is 2.25. The average molecular weight is 365 g/mol. The monoisotopic (exact) mass is 365 g/mol. The van der Waals surface area contributed by atoms with Gasteiger partial charge in [-0.15, -0.1) is 10.2 Å². The van der Waals surface area contributed by atoms with Crippen LogP contribution in [0.3, 0.4) is 0 Å².